The molecule has 0 radical (unpaired) electrons. The minimum absolute atomic E-state index is 0.0188. The van der Waals surface area contributed by atoms with E-state index in [1.807, 2.05) is 36.4 Å². The lowest BCUT2D eigenvalue weighted by Gasteiger charge is -2.26. The van der Waals surface area contributed by atoms with Crippen LogP contribution in [0.15, 0.2) is 60.7 Å². The van der Waals surface area contributed by atoms with Crippen molar-refractivity contribution in [3.05, 3.63) is 71.8 Å². The maximum absolute atomic E-state index is 13.1. The molecule has 0 spiro atoms. The second kappa shape index (κ2) is 17.1. The Labute approximate surface area is 244 Å². The summed E-state index contributed by atoms with van der Waals surface area (Å²) in [6.07, 6.45) is -2.99. The number of hydrogen-bond acceptors (Lipinski definition) is 8. The standard InChI is InChI=1S/C29H38N4O9/c1-29(2,3)42-28(39)32-23(25(35)36)18-24(34)33(16-14-30-26(37)40-19-21-10-6-4-7-11-21)17-15-31-27(38)41-20-22-12-8-5-9-13-22/h4-13,23H,14-20H2,1-3H3,(H,30,37)(H,31,38)(H,32,39)(H,35,36). The van der Waals surface area contributed by atoms with Gasteiger partial charge in [0, 0.05) is 26.2 Å². The topological polar surface area (TPSA) is 173 Å². The van der Waals surface area contributed by atoms with Crippen LogP contribution in [0.3, 0.4) is 0 Å². The highest BCUT2D eigenvalue weighted by atomic mass is 16.6. The maximum atomic E-state index is 13.1. The molecule has 13 heteroatoms. The first-order valence-corrected chi connectivity index (χ1v) is 13.3. The second-order valence-corrected chi connectivity index (χ2v) is 10.1. The van der Waals surface area contributed by atoms with Crippen LogP contribution in [0, 0.1) is 0 Å². The third-order valence-electron chi connectivity index (χ3n) is 5.45. The predicted octanol–water partition coefficient (Wildman–Crippen LogP) is 3.04. The predicted molar refractivity (Wildman–Crippen MR) is 151 cm³/mol. The number of carbonyl (C=O) groups is 5. The molecule has 2 aromatic rings. The highest BCUT2D eigenvalue weighted by molar-refractivity contribution is 5.87. The lowest BCUT2D eigenvalue weighted by Crippen LogP contribution is -2.48. The summed E-state index contributed by atoms with van der Waals surface area (Å²) in [4.78, 5) is 62.4. The van der Waals surface area contributed by atoms with Gasteiger partial charge < -0.3 is 40.2 Å². The van der Waals surface area contributed by atoms with Crippen LogP contribution in [0.25, 0.3) is 0 Å². The molecule has 0 aromatic heterocycles. The van der Waals surface area contributed by atoms with Crippen molar-refractivity contribution >= 4 is 30.2 Å². The molecule has 0 saturated heterocycles. The number of hydrogen-bond donors (Lipinski definition) is 4. The molecular weight excluding hydrogens is 548 g/mol. The number of alkyl carbamates (subject to hydrolysis) is 3. The van der Waals surface area contributed by atoms with E-state index in [0.29, 0.717) is 0 Å². The summed E-state index contributed by atoms with van der Waals surface area (Å²) in [6, 6.07) is 16.6. The second-order valence-electron chi connectivity index (χ2n) is 10.1. The molecule has 4 amide bonds. The molecule has 0 aliphatic heterocycles. The van der Waals surface area contributed by atoms with Crippen molar-refractivity contribution in [1.82, 2.24) is 20.9 Å². The van der Waals surface area contributed by atoms with E-state index in [9.17, 15) is 29.1 Å². The minimum Gasteiger partial charge on any atom is -0.480 e. The van der Waals surface area contributed by atoms with E-state index in [2.05, 4.69) is 16.0 Å². The number of carboxylic acids is 1. The zero-order valence-corrected chi connectivity index (χ0v) is 24.0. The average molecular weight is 587 g/mol. The summed E-state index contributed by atoms with van der Waals surface area (Å²) >= 11 is 0. The summed E-state index contributed by atoms with van der Waals surface area (Å²) in [7, 11) is 0. The third-order valence-corrected chi connectivity index (χ3v) is 5.45. The third kappa shape index (κ3) is 14.0. The first-order chi connectivity index (χ1) is 19.9. The number of ether oxygens (including phenoxy) is 3. The van der Waals surface area contributed by atoms with Crippen LogP contribution in [-0.2, 0) is 37.0 Å². The Morgan fingerprint density at radius 2 is 1.21 bits per heavy atom. The molecule has 4 N–H and O–H groups in total. The fraction of sp³-hybridized carbons (Fsp3) is 0.414. The molecule has 0 heterocycles. The van der Waals surface area contributed by atoms with E-state index < -0.39 is 48.2 Å². The van der Waals surface area contributed by atoms with Crippen LogP contribution in [0.4, 0.5) is 14.4 Å². The summed E-state index contributed by atoms with van der Waals surface area (Å²) in [5, 5.41) is 16.8. The van der Waals surface area contributed by atoms with Crippen LogP contribution in [-0.4, -0.2) is 78.0 Å². The van der Waals surface area contributed by atoms with Gasteiger partial charge in [0.05, 0.1) is 6.42 Å². The largest absolute Gasteiger partial charge is 0.480 e. The first kappa shape index (κ1) is 33.4. The lowest BCUT2D eigenvalue weighted by molar-refractivity contribution is -0.143. The number of nitrogens with zero attached hydrogens (tertiary/aromatic N) is 1. The Hall–Kier alpha value is -4.81. The SMILES string of the molecule is CC(C)(C)OC(=O)NC(CC(=O)N(CCNC(=O)OCc1ccccc1)CCNC(=O)OCc1ccccc1)C(=O)O. The zero-order valence-electron chi connectivity index (χ0n) is 24.0. The number of amides is 4. The van der Waals surface area contributed by atoms with E-state index >= 15 is 0 Å². The van der Waals surface area contributed by atoms with Crippen molar-refractivity contribution in [3.8, 4) is 0 Å². The molecule has 1 atom stereocenters. The van der Waals surface area contributed by atoms with Gasteiger partial charge in [0.1, 0.15) is 24.9 Å². The van der Waals surface area contributed by atoms with E-state index in [0.717, 1.165) is 11.1 Å². The van der Waals surface area contributed by atoms with Crippen molar-refractivity contribution in [2.75, 3.05) is 26.2 Å². The van der Waals surface area contributed by atoms with Crippen LogP contribution in [0.2, 0.25) is 0 Å². The summed E-state index contributed by atoms with van der Waals surface area (Å²) in [5.41, 5.74) is 0.726. The van der Waals surface area contributed by atoms with Crippen LogP contribution in [0.1, 0.15) is 38.3 Å². The van der Waals surface area contributed by atoms with Crippen LogP contribution < -0.4 is 16.0 Å². The highest BCUT2D eigenvalue weighted by Crippen LogP contribution is 2.08. The number of carboxylic acid groups (broad SMARTS) is 1. The Kier molecular flexibility index (Phi) is 13.6. The average Bonchev–Trinajstić information content (AvgIpc) is 2.93. The van der Waals surface area contributed by atoms with Gasteiger partial charge in [-0.2, -0.15) is 0 Å². The van der Waals surface area contributed by atoms with Gasteiger partial charge >= 0.3 is 24.2 Å². The maximum Gasteiger partial charge on any atom is 0.408 e. The van der Waals surface area contributed by atoms with Gasteiger partial charge in [-0.3, -0.25) is 4.79 Å². The Bertz CT molecular complexity index is 1110. The molecule has 0 fully saturated rings. The Morgan fingerprint density at radius 3 is 1.62 bits per heavy atom. The van der Waals surface area contributed by atoms with Gasteiger partial charge in [-0.15, -0.1) is 0 Å². The molecule has 2 rings (SSSR count). The fourth-order valence-corrected chi connectivity index (χ4v) is 3.45. The van der Waals surface area contributed by atoms with Gasteiger partial charge in [-0.25, -0.2) is 19.2 Å². The normalized spacial score (nSPS) is 11.4. The van der Waals surface area contributed by atoms with Crippen molar-refractivity contribution in [1.29, 1.82) is 0 Å². The van der Waals surface area contributed by atoms with E-state index in [1.54, 1.807) is 45.0 Å². The summed E-state index contributed by atoms with van der Waals surface area (Å²) in [6.45, 7) is 4.87. The Balaban J connectivity index is 1.93. The van der Waals surface area contributed by atoms with Crippen LogP contribution in [0.5, 0.6) is 0 Å². The number of nitrogens with one attached hydrogen (secondary N) is 3. The number of rotatable bonds is 14. The van der Waals surface area contributed by atoms with E-state index in [-0.39, 0.29) is 39.4 Å². The van der Waals surface area contributed by atoms with Gasteiger partial charge in [-0.1, -0.05) is 60.7 Å². The van der Waals surface area contributed by atoms with Crippen molar-refractivity contribution in [2.24, 2.45) is 0 Å². The molecule has 0 aliphatic rings. The number of carbonyl (C=O) groups excluding carboxylic acids is 4. The first-order valence-electron chi connectivity index (χ1n) is 13.3. The minimum atomic E-state index is -1.57. The molecule has 0 bridgehead atoms. The molecule has 1 unspecified atom stereocenters. The highest BCUT2D eigenvalue weighted by Gasteiger charge is 2.28. The lowest BCUT2D eigenvalue weighted by atomic mass is 10.2. The Morgan fingerprint density at radius 1 is 0.762 bits per heavy atom. The smallest absolute Gasteiger partial charge is 0.408 e. The quantitative estimate of drug-likeness (QED) is 0.243. The van der Waals surface area contributed by atoms with Gasteiger partial charge in [0.15, 0.2) is 0 Å². The molecule has 0 saturated carbocycles. The number of aliphatic carboxylic acids is 1. The van der Waals surface area contributed by atoms with E-state index in [1.165, 1.54) is 4.90 Å². The van der Waals surface area contributed by atoms with Crippen LogP contribution >= 0.6 is 0 Å². The van der Waals surface area contributed by atoms with Crippen molar-refractivity contribution < 1.29 is 43.3 Å². The number of benzene rings is 2. The molecular formula is C29H38N4O9. The monoisotopic (exact) mass is 586 g/mol. The molecule has 0 aliphatic carbocycles. The summed E-state index contributed by atoms with van der Waals surface area (Å²) in [5.74, 6) is -2.07. The van der Waals surface area contributed by atoms with Crippen molar-refractivity contribution in [2.45, 2.75) is 52.0 Å². The molecule has 42 heavy (non-hydrogen) atoms. The van der Waals surface area contributed by atoms with Crippen molar-refractivity contribution in [3.63, 3.8) is 0 Å². The molecule has 2 aromatic carbocycles. The zero-order chi connectivity index (χ0) is 31.0. The summed E-state index contributed by atoms with van der Waals surface area (Å²) < 4.78 is 15.4. The van der Waals surface area contributed by atoms with Gasteiger partial charge in [0.2, 0.25) is 5.91 Å². The van der Waals surface area contributed by atoms with Gasteiger partial charge in [0.25, 0.3) is 0 Å². The molecule has 13 nitrogen and oxygen atoms in total. The van der Waals surface area contributed by atoms with E-state index in [4.69, 9.17) is 14.2 Å². The van der Waals surface area contributed by atoms with Gasteiger partial charge in [-0.05, 0) is 31.9 Å². The molecule has 228 valence electrons. The fourth-order valence-electron chi connectivity index (χ4n) is 3.45.